The Labute approximate surface area is 154 Å². The monoisotopic (exact) mass is 359 g/mol. The number of anilines is 2. The van der Waals surface area contributed by atoms with E-state index in [4.69, 9.17) is 23.8 Å². The molecule has 0 saturated carbocycles. The highest BCUT2D eigenvalue weighted by Gasteiger charge is 2.16. The molecule has 1 fully saturated rings. The van der Waals surface area contributed by atoms with Crippen LogP contribution in [0.3, 0.4) is 0 Å². The van der Waals surface area contributed by atoms with E-state index in [0.29, 0.717) is 5.11 Å². The van der Waals surface area contributed by atoms with Gasteiger partial charge in [-0.2, -0.15) is 0 Å². The van der Waals surface area contributed by atoms with E-state index in [2.05, 4.69) is 39.4 Å². The first-order chi connectivity index (χ1) is 11.6. The van der Waals surface area contributed by atoms with Crippen LogP contribution in [0.5, 0.6) is 0 Å². The molecule has 0 bridgehead atoms. The third-order valence-corrected chi connectivity index (χ3v) is 4.95. The summed E-state index contributed by atoms with van der Waals surface area (Å²) < 4.78 is 0. The van der Waals surface area contributed by atoms with E-state index in [9.17, 15) is 0 Å². The lowest BCUT2D eigenvalue weighted by molar-refractivity contribution is 0.508. The standard InChI is InChI=1S/C19H22ClN3S/c1-22(19(24)21-17-10-8-16(20)9-11-17)14-15-6-2-3-7-18(15)23-12-4-5-13-23/h2-3,6-11H,4-5,12-14H2,1H3,(H,21,24). The average Bonchev–Trinajstić information content (AvgIpc) is 3.11. The van der Waals surface area contributed by atoms with Crippen LogP contribution in [-0.2, 0) is 6.54 Å². The first kappa shape index (κ1) is 17.1. The van der Waals surface area contributed by atoms with E-state index in [1.165, 1.54) is 24.1 Å². The number of nitrogens with zero attached hydrogens (tertiary/aromatic N) is 2. The van der Waals surface area contributed by atoms with Crippen LogP contribution in [-0.4, -0.2) is 30.1 Å². The molecule has 2 aromatic carbocycles. The normalized spacial score (nSPS) is 13.8. The van der Waals surface area contributed by atoms with Crippen LogP contribution in [0.2, 0.25) is 5.02 Å². The van der Waals surface area contributed by atoms with Crippen molar-refractivity contribution in [2.24, 2.45) is 0 Å². The number of hydrogen-bond acceptors (Lipinski definition) is 2. The quantitative estimate of drug-likeness (QED) is 0.792. The second-order valence-corrected chi connectivity index (χ2v) is 6.94. The third-order valence-electron chi connectivity index (χ3n) is 4.29. The summed E-state index contributed by atoms with van der Waals surface area (Å²) >= 11 is 11.5. The van der Waals surface area contributed by atoms with Crippen molar-refractivity contribution < 1.29 is 0 Å². The smallest absolute Gasteiger partial charge is 0.173 e. The number of para-hydroxylation sites is 1. The summed E-state index contributed by atoms with van der Waals surface area (Å²) in [6, 6.07) is 16.2. The van der Waals surface area contributed by atoms with Crippen LogP contribution in [0, 0.1) is 0 Å². The fraction of sp³-hybridized carbons (Fsp3) is 0.316. The second kappa shape index (κ2) is 7.86. The highest BCUT2D eigenvalue weighted by molar-refractivity contribution is 7.80. The van der Waals surface area contributed by atoms with Gasteiger partial charge in [0, 0.05) is 43.1 Å². The average molecular weight is 360 g/mol. The maximum Gasteiger partial charge on any atom is 0.173 e. The van der Waals surface area contributed by atoms with Gasteiger partial charge in [-0.25, -0.2) is 0 Å². The van der Waals surface area contributed by atoms with E-state index in [0.717, 1.165) is 30.3 Å². The molecule has 1 saturated heterocycles. The van der Waals surface area contributed by atoms with Gasteiger partial charge in [-0.1, -0.05) is 29.8 Å². The summed E-state index contributed by atoms with van der Waals surface area (Å²) in [4.78, 5) is 4.54. The third kappa shape index (κ3) is 4.19. The lowest BCUT2D eigenvalue weighted by Crippen LogP contribution is -2.31. The molecule has 3 nitrogen and oxygen atoms in total. The summed E-state index contributed by atoms with van der Waals surface area (Å²) in [7, 11) is 2.02. The van der Waals surface area contributed by atoms with E-state index < -0.39 is 0 Å². The summed E-state index contributed by atoms with van der Waals surface area (Å²) in [6.07, 6.45) is 2.56. The molecule has 2 aromatic rings. The molecule has 1 N–H and O–H groups in total. The van der Waals surface area contributed by atoms with Gasteiger partial charge in [-0.3, -0.25) is 0 Å². The molecule has 0 spiro atoms. The zero-order valence-corrected chi connectivity index (χ0v) is 15.4. The maximum absolute atomic E-state index is 5.92. The minimum Gasteiger partial charge on any atom is -0.371 e. The van der Waals surface area contributed by atoms with Gasteiger partial charge >= 0.3 is 0 Å². The Hall–Kier alpha value is -1.78. The number of hydrogen-bond donors (Lipinski definition) is 1. The van der Waals surface area contributed by atoms with Crippen LogP contribution in [0.15, 0.2) is 48.5 Å². The van der Waals surface area contributed by atoms with Crippen molar-refractivity contribution in [2.45, 2.75) is 19.4 Å². The van der Waals surface area contributed by atoms with Gasteiger partial charge < -0.3 is 15.1 Å². The molecule has 1 heterocycles. The van der Waals surface area contributed by atoms with Gasteiger partial charge in [-0.05, 0) is 61.0 Å². The number of benzene rings is 2. The zero-order chi connectivity index (χ0) is 16.9. The van der Waals surface area contributed by atoms with Gasteiger partial charge in [0.15, 0.2) is 5.11 Å². The van der Waals surface area contributed by atoms with Gasteiger partial charge in [0.05, 0.1) is 0 Å². The Balaban J connectivity index is 1.66. The number of nitrogens with one attached hydrogen (secondary N) is 1. The number of rotatable bonds is 4. The summed E-state index contributed by atoms with van der Waals surface area (Å²) in [5.41, 5.74) is 3.59. The van der Waals surface area contributed by atoms with E-state index in [-0.39, 0.29) is 0 Å². The van der Waals surface area contributed by atoms with Gasteiger partial charge in [0.25, 0.3) is 0 Å². The van der Waals surface area contributed by atoms with Crippen LogP contribution in [0.4, 0.5) is 11.4 Å². The molecule has 0 radical (unpaired) electrons. The van der Waals surface area contributed by atoms with Crippen LogP contribution in [0.1, 0.15) is 18.4 Å². The highest BCUT2D eigenvalue weighted by atomic mass is 35.5. The molecule has 1 aliphatic heterocycles. The molecule has 0 unspecified atom stereocenters. The van der Waals surface area contributed by atoms with Crippen molar-refractivity contribution >= 4 is 40.3 Å². The topological polar surface area (TPSA) is 18.5 Å². The van der Waals surface area contributed by atoms with Crippen molar-refractivity contribution in [1.29, 1.82) is 0 Å². The van der Waals surface area contributed by atoms with Gasteiger partial charge in [-0.15, -0.1) is 0 Å². The predicted molar refractivity (Wildman–Crippen MR) is 107 cm³/mol. The van der Waals surface area contributed by atoms with Crippen LogP contribution in [0.25, 0.3) is 0 Å². The fourth-order valence-corrected chi connectivity index (χ4v) is 3.30. The SMILES string of the molecule is CN(Cc1ccccc1N1CCCC1)C(=S)Nc1ccc(Cl)cc1. The molecule has 126 valence electrons. The lowest BCUT2D eigenvalue weighted by Gasteiger charge is -2.26. The fourth-order valence-electron chi connectivity index (χ4n) is 2.99. The first-order valence-electron chi connectivity index (χ1n) is 8.24. The van der Waals surface area contributed by atoms with E-state index in [1.807, 2.05) is 31.3 Å². The van der Waals surface area contributed by atoms with Crippen molar-refractivity contribution in [3.63, 3.8) is 0 Å². The molecular weight excluding hydrogens is 338 g/mol. The van der Waals surface area contributed by atoms with Crippen molar-refractivity contribution in [3.05, 3.63) is 59.1 Å². The molecule has 3 rings (SSSR count). The highest BCUT2D eigenvalue weighted by Crippen LogP contribution is 2.25. The Kier molecular flexibility index (Phi) is 5.59. The van der Waals surface area contributed by atoms with Gasteiger partial charge in [0.1, 0.15) is 0 Å². The Morgan fingerprint density at radius 1 is 1.12 bits per heavy atom. The van der Waals surface area contributed by atoms with Crippen LogP contribution >= 0.6 is 23.8 Å². The number of thiocarbonyl (C=S) groups is 1. The molecule has 1 aliphatic rings. The Morgan fingerprint density at radius 2 is 1.79 bits per heavy atom. The minimum absolute atomic E-state index is 0.702. The summed E-state index contributed by atoms with van der Waals surface area (Å²) in [6.45, 7) is 3.08. The van der Waals surface area contributed by atoms with Gasteiger partial charge in [0.2, 0.25) is 0 Å². The zero-order valence-electron chi connectivity index (χ0n) is 13.8. The maximum atomic E-state index is 5.92. The largest absolute Gasteiger partial charge is 0.371 e. The van der Waals surface area contributed by atoms with Crippen LogP contribution < -0.4 is 10.2 Å². The van der Waals surface area contributed by atoms with Crippen molar-refractivity contribution in [1.82, 2.24) is 4.90 Å². The molecule has 0 aromatic heterocycles. The summed E-state index contributed by atoms with van der Waals surface area (Å²) in [5.74, 6) is 0. The first-order valence-corrected chi connectivity index (χ1v) is 9.02. The minimum atomic E-state index is 0.702. The summed E-state index contributed by atoms with van der Waals surface area (Å²) in [5, 5.41) is 4.69. The number of halogens is 1. The molecule has 0 atom stereocenters. The Morgan fingerprint density at radius 3 is 2.50 bits per heavy atom. The molecule has 24 heavy (non-hydrogen) atoms. The second-order valence-electron chi connectivity index (χ2n) is 6.12. The molecular formula is C19H22ClN3S. The van der Waals surface area contributed by atoms with E-state index >= 15 is 0 Å². The predicted octanol–water partition coefficient (Wildman–Crippen LogP) is 4.77. The molecule has 0 amide bonds. The Bertz CT molecular complexity index is 696. The molecule has 0 aliphatic carbocycles. The lowest BCUT2D eigenvalue weighted by atomic mass is 10.1. The van der Waals surface area contributed by atoms with Crippen molar-refractivity contribution in [2.75, 3.05) is 30.4 Å². The van der Waals surface area contributed by atoms with E-state index in [1.54, 1.807) is 0 Å². The van der Waals surface area contributed by atoms with Crippen molar-refractivity contribution in [3.8, 4) is 0 Å². The molecule has 5 heteroatoms.